The summed E-state index contributed by atoms with van der Waals surface area (Å²) in [5.41, 5.74) is 1.01. The Balaban J connectivity index is 2.12. The second kappa shape index (κ2) is 4.01. The van der Waals surface area contributed by atoms with E-state index in [0.717, 1.165) is 25.0 Å². The molecule has 80 valence electrons. The molecule has 1 saturated heterocycles. The Labute approximate surface area is 89.9 Å². The smallest absolute Gasteiger partial charge is 0.220 e. The summed E-state index contributed by atoms with van der Waals surface area (Å²) in [6.45, 7) is 2.12. The van der Waals surface area contributed by atoms with Crippen LogP contribution in [0.1, 0.15) is 31.9 Å². The molecule has 1 fully saturated rings. The molecule has 0 aliphatic carbocycles. The van der Waals surface area contributed by atoms with Gasteiger partial charge in [-0.05, 0) is 25.0 Å². The highest BCUT2D eigenvalue weighted by atomic mass is 16.2. The molecule has 1 amide bonds. The van der Waals surface area contributed by atoms with Gasteiger partial charge in [0, 0.05) is 30.3 Å². The fraction of sp³-hybridized carbons (Fsp3) is 0.500. The summed E-state index contributed by atoms with van der Waals surface area (Å²) in [6, 6.07) is 5.92. The van der Waals surface area contributed by atoms with Gasteiger partial charge in [0.05, 0.1) is 0 Å². The predicted octanol–water partition coefficient (Wildman–Crippen LogP) is 1.68. The number of nitrogens with one attached hydrogen (secondary N) is 1. The Morgan fingerprint density at radius 1 is 1.53 bits per heavy atom. The second-order valence-electron chi connectivity index (χ2n) is 4.18. The first-order chi connectivity index (χ1) is 7.24. The predicted molar refractivity (Wildman–Crippen MR) is 58.3 cm³/mol. The largest absolute Gasteiger partial charge is 0.350 e. The minimum absolute atomic E-state index is 0.0502. The van der Waals surface area contributed by atoms with Crippen molar-refractivity contribution in [3.05, 3.63) is 30.1 Å². The van der Waals surface area contributed by atoms with Gasteiger partial charge in [0.2, 0.25) is 5.91 Å². The first-order valence-electron chi connectivity index (χ1n) is 5.45. The average molecular weight is 204 g/mol. The van der Waals surface area contributed by atoms with Crippen molar-refractivity contribution in [3.63, 3.8) is 0 Å². The van der Waals surface area contributed by atoms with Crippen LogP contribution in [0.5, 0.6) is 0 Å². The minimum atomic E-state index is -0.0502. The van der Waals surface area contributed by atoms with E-state index >= 15 is 0 Å². The highest BCUT2D eigenvalue weighted by Crippen LogP contribution is 2.27. The maximum absolute atomic E-state index is 11.3. The molecule has 3 heteroatoms. The first-order valence-corrected chi connectivity index (χ1v) is 5.45. The number of pyridine rings is 1. The topological polar surface area (TPSA) is 42.0 Å². The molecule has 1 N–H and O–H groups in total. The Kier molecular flexibility index (Phi) is 2.71. The summed E-state index contributed by atoms with van der Waals surface area (Å²) in [4.78, 5) is 15.6. The molecule has 0 saturated carbocycles. The number of nitrogens with zero attached hydrogens (tertiary/aromatic N) is 1. The molecule has 2 rings (SSSR count). The van der Waals surface area contributed by atoms with Gasteiger partial charge in [-0.15, -0.1) is 0 Å². The lowest BCUT2D eigenvalue weighted by molar-refractivity contribution is -0.119. The van der Waals surface area contributed by atoms with Gasteiger partial charge in [-0.25, -0.2) is 0 Å². The molecular formula is C12H16N2O. The fourth-order valence-corrected chi connectivity index (χ4v) is 2.15. The van der Waals surface area contributed by atoms with Crippen LogP contribution in [-0.2, 0) is 11.2 Å². The Morgan fingerprint density at radius 2 is 2.40 bits per heavy atom. The van der Waals surface area contributed by atoms with Crippen molar-refractivity contribution in [1.29, 1.82) is 0 Å². The lowest BCUT2D eigenvalue weighted by Crippen LogP contribution is -2.43. The zero-order chi connectivity index (χ0) is 10.7. The third kappa shape index (κ3) is 2.17. The van der Waals surface area contributed by atoms with Gasteiger partial charge in [0.1, 0.15) is 0 Å². The molecule has 2 heterocycles. The second-order valence-corrected chi connectivity index (χ2v) is 4.18. The SMILES string of the molecule is CCC1(Cc2ccccn2)CCC(=O)N1. The van der Waals surface area contributed by atoms with Crippen molar-refractivity contribution < 1.29 is 4.79 Å². The van der Waals surface area contributed by atoms with Gasteiger partial charge in [-0.1, -0.05) is 13.0 Å². The monoisotopic (exact) mass is 204 g/mol. The van der Waals surface area contributed by atoms with E-state index in [1.165, 1.54) is 0 Å². The van der Waals surface area contributed by atoms with Crippen LogP contribution in [0.25, 0.3) is 0 Å². The first kappa shape index (κ1) is 10.1. The van der Waals surface area contributed by atoms with E-state index in [2.05, 4.69) is 17.2 Å². The molecule has 0 aromatic carbocycles. The number of hydrogen-bond donors (Lipinski definition) is 1. The van der Waals surface area contributed by atoms with E-state index in [1.54, 1.807) is 6.20 Å². The van der Waals surface area contributed by atoms with Gasteiger partial charge in [0.25, 0.3) is 0 Å². The molecule has 1 unspecified atom stereocenters. The van der Waals surface area contributed by atoms with Gasteiger partial charge in [0.15, 0.2) is 0 Å². The van der Waals surface area contributed by atoms with Crippen LogP contribution in [0.4, 0.5) is 0 Å². The normalized spacial score (nSPS) is 25.3. The van der Waals surface area contributed by atoms with E-state index in [0.29, 0.717) is 6.42 Å². The van der Waals surface area contributed by atoms with Gasteiger partial charge in [-0.3, -0.25) is 9.78 Å². The van der Waals surface area contributed by atoms with E-state index in [4.69, 9.17) is 0 Å². The van der Waals surface area contributed by atoms with Gasteiger partial charge in [-0.2, -0.15) is 0 Å². The molecule has 0 radical (unpaired) electrons. The summed E-state index contributed by atoms with van der Waals surface area (Å²) < 4.78 is 0. The highest BCUT2D eigenvalue weighted by molar-refractivity contribution is 5.79. The lowest BCUT2D eigenvalue weighted by Gasteiger charge is -2.27. The number of rotatable bonds is 3. The van der Waals surface area contributed by atoms with Gasteiger partial charge < -0.3 is 5.32 Å². The van der Waals surface area contributed by atoms with Crippen molar-refractivity contribution in [2.24, 2.45) is 0 Å². The Hall–Kier alpha value is -1.38. The van der Waals surface area contributed by atoms with Gasteiger partial charge >= 0.3 is 0 Å². The van der Waals surface area contributed by atoms with Crippen molar-refractivity contribution in [2.45, 2.75) is 38.1 Å². The number of carbonyl (C=O) groups excluding carboxylic acids is 1. The fourth-order valence-electron chi connectivity index (χ4n) is 2.15. The van der Waals surface area contributed by atoms with Crippen LogP contribution in [0.15, 0.2) is 24.4 Å². The maximum atomic E-state index is 11.3. The summed E-state index contributed by atoms with van der Waals surface area (Å²) in [5, 5.41) is 3.09. The van der Waals surface area contributed by atoms with E-state index in [-0.39, 0.29) is 11.4 Å². The highest BCUT2D eigenvalue weighted by Gasteiger charge is 2.36. The van der Waals surface area contributed by atoms with Crippen molar-refractivity contribution in [2.75, 3.05) is 0 Å². The molecule has 1 atom stereocenters. The standard InChI is InChI=1S/C12H16N2O/c1-2-12(7-6-11(15)14-12)9-10-5-3-4-8-13-10/h3-5,8H,2,6-7,9H2,1H3,(H,14,15). The van der Waals surface area contributed by atoms with Crippen LogP contribution >= 0.6 is 0 Å². The average Bonchev–Trinajstić information content (AvgIpc) is 2.62. The minimum Gasteiger partial charge on any atom is -0.350 e. The number of aromatic nitrogens is 1. The molecule has 1 aliphatic heterocycles. The van der Waals surface area contributed by atoms with Crippen LogP contribution in [0, 0.1) is 0 Å². The number of hydrogen-bond acceptors (Lipinski definition) is 2. The van der Waals surface area contributed by atoms with E-state index < -0.39 is 0 Å². The van der Waals surface area contributed by atoms with Crippen LogP contribution < -0.4 is 5.32 Å². The number of amides is 1. The summed E-state index contributed by atoms with van der Waals surface area (Å²) in [7, 11) is 0. The van der Waals surface area contributed by atoms with E-state index in [1.807, 2.05) is 18.2 Å². The quantitative estimate of drug-likeness (QED) is 0.814. The third-order valence-electron chi connectivity index (χ3n) is 3.16. The molecule has 15 heavy (non-hydrogen) atoms. The Morgan fingerprint density at radius 3 is 2.93 bits per heavy atom. The van der Waals surface area contributed by atoms with Crippen molar-refractivity contribution in [1.82, 2.24) is 10.3 Å². The Bertz CT molecular complexity index is 350. The molecule has 1 aliphatic rings. The molecule has 1 aromatic heterocycles. The molecule has 1 aromatic rings. The summed E-state index contributed by atoms with van der Waals surface area (Å²) in [5.74, 6) is 0.174. The lowest BCUT2D eigenvalue weighted by atomic mass is 9.89. The molecule has 3 nitrogen and oxygen atoms in total. The van der Waals surface area contributed by atoms with Crippen molar-refractivity contribution >= 4 is 5.91 Å². The maximum Gasteiger partial charge on any atom is 0.220 e. The zero-order valence-corrected chi connectivity index (χ0v) is 8.99. The van der Waals surface area contributed by atoms with Crippen molar-refractivity contribution in [3.8, 4) is 0 Å². The summed E-state index contributed by atoms with van der Waals surface area (Å²) >= 11 is 0. The molecule has 0 spiro atoms. The zero-order valence-electron chi connectivity index (χ0n) is 8.99. The third-order valence-corrected chi connectivity index (χ3v) is 3.16. The summed E-state index contributed by atoms with van der Waals surface area (Å²) in [6.07, 6.45) is 5.19. The molecular weight excluding hydrogens is 188 g/mol. The van der Waals surface area contributed by atoms with Crippen LogP contribution in [0.3, 0.4) is 0 Å². The van der Waals surface area contributed by atoms with E-state index in [9.17, 15) is 4.79 Å². The van der Waals surface area contributed by atoms with Crippen LogP contribution in [0.2, 0.25) is 0 Å². The number of carbonyl (C=O) groups is 1. The molecule has 0 bridgehead atoms. The van der Waals surface area contributed by atoms with Crippen LogP contribution in [-0.4, -0.2) is 16.4 Å².